The normalized spacial score (nSPS) is 8.78. The van der Waals surface area contributed by atoms with Crippen LogP contribution in [0.25, 0.3) is 0 Å². The second-order valence-corrected chi connectivity index (χ2v) is 2.68. The van der Waals surface area contributed by atoms with Crippen molar-refractivity contribution in [2.24, 2.45) is 5.84 Å². The number of aliphatic carboxylic acids is 2. The maximum atomic E-state index is 12.8. The number of rotatable bonds is 2. The summed E-state index contributed by atoms with van der Waals surface area (Å²) in [7, 11) is 0. The number of hydrogen-bond donors (Lipinski definition) is 4. The number of carboxylic acids is 2. The van der Waals surface area contributed by atoms with Crippen LogP contribution in [-0.4, -0.2) is 27.1 Å². The molecule has 1 aromatic rings. The van der Waals surface area contributed by atoms with Crippen LogP contribution < -0.4 is 11.3 Å². The third-order valence-electron chi connectivity index (χ3n) is 1.50. The molecule has 5 N–H and O–H groups in total. The van der Waals surface area contributed by atoms with E-state index >= 15 is 0 Å². The number of benzene rings is 1. The Morgan fingerprint density at radius 3 is 2.11 bits per heavy atom. The molecule has 0 fully saturated rings. The van der Waals surface area contributed by atoms with Crippen molar-refractivity contribution >= 4 is 23.3 Å². The highest BCUT2D eigenvalue weighted by Gasteiger charge is 2.09. The standard InChI is InChI=1S/C6H6FN3O2.C2H2O4/c7-5-3-4(10(11)12)1-2-6(5)9-8;3-1(4)2(5)6/h1-3,9H,8H2;(H,3,4)(H,5,6). The fraction of sp³-hybridized carbons (Fsp3) is 0. The molecule has 1 aromatic carbocycles. The van der Waals surface area contributed by atoms with Crippen molar-refractivity contribution in [2.45, 2.75) is 0 Å². The third kappa shape index (κ3) is 4.85. The first-order chi connectivity index (χ1) is 8.29. The SMILES string of the molecule is NNc1ccc([N+](=O)[O-])cc1F.O=C(O)C(=O)O. The van der Waals surface area contributed by atoms with E-state index in [1.807, 2.05) is 0 Å². The minimum absolute atomic E-state index is 0.0283. The number of anilines is 1. The zero-order valence-electron chi connectivity index (χ0n) is 8.66. The first kappa shape index (κ1) is 15.2. The molecule has 0 saturated carbocycles. The first-order valence-corrected chi connectivity index (χ1v) is 4.16. The lowest BCUT2D eigenvalue weighted by Crippen LogP contribution is -2.09. The third-order valence-corrected chi connectivity index (χ3v) is 1.50. The van der Waals surface area contributed by atoms with Crippen molar-refractivity contribution < 1.29 is 29.1 Å². The molecule has 98 valence electrons. The number of nitrogen functional groups attached to an aromatic ring is 1. The molecule has 0 aliphatic heterocycles. The summed E-state index contributed by atoms with van der Waals surface area (Å²) >= 11 is 0. The molecule has 9 nitrogen and oxygen atoms in total. The van der Waals surface area contributed by atoms with Gasteiger partial charge in [-0.05, 0) is 6.07 Å². The molecular formula is C8H8FN3O6. The number of nitrogens with one attached hydrogen (secondary N) is 1. The van der Waals surface area contributed by atoms with Gasteiger partial charge in [-0.25, -0.2) is 14.0 Å². The predicted octanol–water partition coefficient (Wildman–Crippen LogP) is 0.175. The minimum Gasteiger partial charge on any atom is -0.473 e. The number of nitrogens with two attached hydrogens (primary N) is 1. The summed E-state index contributed by atoms with van der Waals surface area (Å²) in [5.41, 5.74) is 1.79. The number of non-ortho nitro benzene ring substituents is 1. The van der Waals surface area contributed by atoms with Crippen LogP contribution in [0, 0.1) is 15.9 Å². The van der Waals surface area contributed by atoms with Gasteiger partial charge in [-0.1, -0.05) is 0 Å². The average molecular weight is 261 g/mol. The van der Waals surface area contributed by atoms with Crippen molar-refractivity contribution in [3.05, 3.63) is 34.1 Å². The molecule has 0 aliphatic carbocycles. The highest BCUT2D eigenvalue weighted by molar-refractivity contribution is 6.27. The Kier molecular flexibility index (Phi) is 5.72. The van der Waals surface area contributed by atoms with Gasteiger partial charge in [0.05, 0.1) is 16.7 Å². The van der Waals surface area contributed by atoms with Gasteiger partial charge in [-0.3, -0.25) is 16.0 Å². The molecule has 18 heavy (non-hydrogen) atoms. The van der Waals surface area contributed by atoms with Crippen LogP contribution >= 0.6 is 0 Å². The monoisotopic (exact) mass is 261 g/mol. The summed E-state index contributed by atoms with van der Waals surface area (Å²) in [6.45, 7) is 0. The molecule has 0 unspecified atom stereocenters. The number of nitro benzene ring substituents is 1. The van der Waals surface area contributed by atoms with Crippen LogP contribution in [0.1, 0.15) is 0 Å². The molecule has 0 heterocycles. The molecule has 0 saturated heterocycles. The number of hydrogen-bond acceptors (Lipinski definition) is 6. The Hall–Kier alpha value is -2.75. The Labute approximate surface area is 98.8 Å². The number of nitrogens with zero attached hydrogens (tertiary/aromatic N) is 1. The number of hydrazine groups is 1. The molecule has 0 radical (unpaired) electrons. The van der Waals surface area contributed by atoms with Gasteiger partial charge in [0.25, 0.3) is 5.69 Å². The van der Waals surface area contributed by atoms with Gasteiger partial charge < -0.3 is 15.6 Å². The number of carbonyl (C=O) groups is 2. The molecule has 0 aliphatic rings. The fourth-order valence-corrected chi connectivity index (χ4v) is 0.735. The van der Waals surface area contributed by atoms with Crippen LogP contribution in [0.15, 0.2) is 18.2 Å². The number of nitro groups is 1. The maximum Gasteiger partial charge on any atom is 0.414 e. The fourth-order valence-electron chi connectivity index (χ4n) is 0.735. The second kappa shape index (κ2) is 6.75. The van der Waals surface area contributed by atoms with Crippen LogP contribution in [0.5, 0.6) is 0 Å². The van der Waals surface area contributed by atoms with Gasteiger partial charge in [-0.15, -0.1) is 0 Å². The Balaban J connectivity index is 0.000000411. The molecule has 0 atom stereocenters. The Morgan fingerprint density at radius 2 is 1.83 bits per heavy atom. The van der Waals surface area contributed by atoms with E-state index < -0.39 is 22.7 Å². The topological polar surface area (TPSA) is 156 Å². The van der Waals surface area contributed by atoms with Gasteiger partial charge in [0.15, 0.2) is 5.82 Å². The zero-order chi connectivity index (χ0) is 14.3. The minimum atomic E-state index is -1.82. The van der Waals surface area contributed by atoms with Crippen LogP contribution in [0.3, 0.4) is 0 Å². The molecule has 0 bridgehead atoms. The van der Waals surface area contributed by atoms with E-state index in [2.05, 4.69) is 5.43 Å². The first-order valence-electron chi connectivity index (χ1n) is 4.16. The van der Waals surface area contributed by atoms with Crippen molar-refractivity contribution in [1.29, 1.82) is 0 Å². The largest absolute Gasteiger partial charge is 0.473 e. The van der Waals surface area contributed by atoms with E-state index in [1.165, 1.54) is 6.07 Å². The van der Waals surface area contributed by atoms with Crippen LogP contribution in [0.2, 0.25) is 0 Å². The summed E-state index contributed by atoms with van der Waals surface area (Å²) in [4.78, 5) is 27.7. The highest BCUT2D eigenvalue weighted by atomic mass is 19.1. The molecule has 0 aromatic heterocycles. The smallest absolute Gasteiger partial charge is 0.414 e. The van der Waals surface area contributed by atoms with Crippen molar-refractivity contribution in [3.63, 3.8) is 0 Å². The number of carboxylic acid groups (broad SMARTS) is 2. The maximum absolute atomic E-state index is 12.8. The van der Waals surface area contributed by atoms with Gasteiger partial charge in [0.1, 0.15) is 0 Å². The lowest BCUT2D eigenvalue weighted by atomic mass is 10.3. The van der Waals surface area contributed by atoms with Gasteiger partial charge in [0, 0.05) is 6.07 Å². The summed E-state index contributed by atoms with van der Waals surface area (Å²) in [6, 6.07) is 3.17. The van der Waals surface area contributed by atoms with Crippen molar-refractivity contribution in [3.8, 4) is 0 Å². The van der Waals surface area contributed by atoms with Gasteiger partial charge in [0.2, 0.25) is 0 Å². The summed E-state index contributed by atoms with van der Waals surface area (Å²) in [6.07, 6.45) is 0. The quantitative estimate of drug-likeness (QED) is 0.254. The Bertz CT molecular complexity index is 466. The van der Waals surface area contributed by atoms with Gasteiger partial charge >= 0.3 is 11.9 Å². The van der Waals surface area contributed by atoms with E-state index in [4.69, 9.17) is 25.6 Å². The number of halogens is 1. The van der Waals surface area contributed by atoms with E-state index in [0.29, 0.717) is 0 Å². The average Bonchev–Trinajstić information content (AvgIpc) is 2.29. The van der Waals surface area contributed by atoms with E-state index in [9.17, 15) is 14.5 Å². The molecule has 10 heteroatoms. The lowest BCUT2D eigenvalue weighted by molar-refractivity contribution is -0.385. The lowest BCUT2D eigenvalue weighted by Gasteiger charge is -1.99. The highest BCUT2D eigenvalue weighted by Crippen LogP contribution is 2.19. The van der Waals surface area contributed by atoms with Crippen LogP contribution in [-0.2, 0) is 9.59 Å². The van der Waals surface area contributed by atoms with E-state index in [0.717, 1.165) is 12.1 Å². The molecular weight excluding hydrogens is 253 g/mol. The van der Waals surface area contributed by atoms with E-state index in [-0.39, 0.29) is 11.4 Å². The molecule has 0 spiro atoms. The van der Waals surface area contributed by atoms with Crippen LogP contribution in [0.4, 0.5) is 15.8 Å². The predicted molar refractivity (Wildman–Crippen MR) is 56.1 cm³/mol. The zero-order valence-corrected chi connectivity index (χ0v) is 8.66. The van der Waals surface area contributed by atoms with Crippen molar-refractivity contribution in [1.82, 2.24) is 0 Å². The second-order valence-electron chi connectivity index (χ2n) is 2.68. The summed E-state index contributed by atoms with van der Waals surface area (Å²) in [5.74, 6) is 0.525. The summed E-state index contributed by atoms with van der Waals surface area (Å²) < 4.78 is 12.8. The summed E-state index contributed by atoms with van der Waals surface area (Å²) in [5, 5.41) is 24.9. The van der Waals surface area contributed by atoms with Gasteiger partial charge in [-0.2, -0.15) is 0 Å². The molecule has 0 amide bonds. The Morgan fingerprint density at radius 1 is 1.33 bits per heavy atom. The molecule has 1 rings (SSSR count). The van der Waals surface area contributed by atoms with Crippen molar-refractivity contribution in [2.75, 3.05) is 5.43 Å². The van der Waals surface area contributed by atoms with E-state index in [1.54, 1.807) is 0 Å².